The summed E-state index contributed by atoms with van der Waals surface area (Å²) in [6.07, 6.45) is 1.25. The van der Waals surface area contributed by atoms with Crippen molar-refractivity contribution < 1.29 is 0 Å². The molecule has 1 aromatic carbocycles. The summed E-state index contributed by atoms with van der Waals surface area (Å²) in [5.74, 6) is 4.01. The normalized spacial score (nSPS) is 21.2. The molecule has 21 heavy (non-hydrogen) atoms. The molecule has 0 aliphatic carbocycles. The first-order valence-electron chi connectivity index (χ1n) is 7.39. The summed E-state index contributed by atoms with van der Waals surface area (Å²) in [7, 11) is 0. The van der Waals surface area contributed by atoms with Crippen molar-refractivity contribution in [2.24, 2.45) is 5.41 Å². The highest BCUT2D eigenvalue weighted by Gasteiger charge is 2.32. The van der Waals surface area contributed by atoms with Crippen molar-refractivity contribution in [3.63, 3.8) is 0 Å². The Morgan fingerprint density at radius 2 is 2.14 bits per heavy atom. The molecule has 3 rings (SSSR count). The minimum Gasteiger partial charge on any atom is -0.380 e. The molecule has 0 spiro atoms. The summed E-state index contributed by atoms with van der Waals surface area (Å²) in [5.41, 5.74) is 2.50. The number of para-hydroxylation sites is 1. The Bertz CT molecular complexity index is 620. The molecule has 1 aliphatic rings. The number of hydrogen-bond donors (Lipinski definition) is 2. The van der Waals surface area contributed by atoms with Crippen LogP contribution in [0.4, 0.5) is 5.69 Å². The number of hydrogen-bond acceptors (Lipinski definition) is 4. The monoisotopic (exact) mass is 302 g/mol. The van der Waals surface area contributed by atoms with Gasteiger partial charge >= 0.3 is 0 Å². The maximum Gasteiger partial charge on any atom is 0.183 e. The molecule has 5 heteroatoms. The molecular weight excluding hydrogens is 280 g/mol. The van der Waals surface area contributed by atoms with Crippen molar-refractivity contribution in [2.45, 2.75) is 33.2 Å². The van der Waals surface area contributed by atoms with E-state index in [0.29, 0.717) is 11.5 Å². The first-order chi connectivity index (χ1) is 10.1. The fourth-order valence-corrected chi connectivity index (χ4v) is 4.24. The van der Waals surface area contributed by atoms with E-state index in [1.165, 1.54) is 12.2 Å². The smallest absolute Gasteiger partial charge is 0.183 e. The number of aryl methyl sites for hydroxylation is 1. The maximum atomic E-state index is 4.46. The molecule has 0 radical (unpaired) electrons. The predicted octanol–water partition coefficient (Wildman–Crippen LogP) is 3.72. The number of rotatable bonds is 3. The van der Waals surface area contributed by atoms with Gasteiger partial charge in [0.15, 0.2) is 5.82 Å². The topological polar surface area (TPSA) is 53.6 Å². The highest BCUT2D eigenvalue weighted by Crippen LogP contribution is 2.37. The van der Waals surface area contributed by atoms with Crippen LogP contribution in [0.2, 0.25) is 0 Å². The van der Waals surface area contributed by atoms with Crippen LogP contribution in [0, 0.1) is 12.3 Å². The summed E-state index contributed by atoms with van der Waals surface area (Å²) < 4.78 is 0. The van der Waals surface area contributed by atoms with Crippen molar-refractivity contribution in [2.75, 3.05) is 16.8 Å². The van der Waals surface area contributed by atoms with Crippen molar-refractivity contribution in [1.29, 1.82) is 0 Å². The summed E-state index contributed by atoms with van der Waals surface area (Å²) >= 11 is 2.03. The van der Waals surface area contributed by atoms with Gasteiger partial charge in [-0.1, -0.05) is 26.0 Å². The van der Waals surface area contributed by atoms with Crippen LogP contribution in [0.1, 0.15) is 26.1 Å². The van der Waals surface area contributed by atoms with Crippen LogP contribution >= 0.6 is 11.8 Å². The number of thioether (sulfide) groups is 1. The number of aromatic nitrogens is 3. The van der Waals surface area contributed by atoms with Crippen molar-refractivity contribution >= 4 is 17.4 Å². The van der Waals surface area contributed by atoms with E-state index in [1.807, 2.05) is 24.8 Å². The minimum atomic E-state index is 0.313. The molecule has 2 N–H and O–H groups in total. The number of anilines is 1. The van der Waals surface area contributed by atoms with Crippen LogP contribution in [0.3, 0.4) is 0 Å². The van der Waals surface area contributed by atoms with Gasteiger partial charge in [-0.05, 0) is 36.6 Å². The zero-order valence-electron chi connectivity index (χ0n) is 12.8. The van der Waals surface area contributed by atoms with E-state index in [2.05, 4.69) is 52.5 Å². The Balaban J connectivity index is 1.89. The SMILES string of the molecule is Cc1nc(-c2ccccc2NC2CSCCC2(C)C)n[nH]1. The van der Waals surface area contributed by atoms with Gasteiger partial charge in [0.2, 0.25) is 0 Å². The van der Waals surface area contributed by atoms with Gasteiger partial charge in [0, 0.05) is 23.0 Å². The average molecular weight is 302 g/mol. The summed E-state index contributed by atoms with van der Waals surface area (Å²) in [5, 5.41) is 10.9. The van der Waals surface area contributed by atoms with Crippen LogP contribution in [0.5, 0.6) is 0 Å². The third-order valence-corrected chi connectivity index (χ3v) is 5.28. The summed E-state index contributed by atoms with van der Waals surface area (Å²) in [6, 6.07) is 8.77. The summed E-state index contributed by atoms with van der Waals surface area (Å²) in [6.45, 7) is 6.63. The minimum absolute atomic E-state index is 0.313. The van der Waals surface area contributed by atoms with E-state index >= 15 is 0 Å². The standard InChI is InChI=1S/C16H22N4S/c1-11-17-15(20-19-11)12-6-4-5-7-13(12)18-14-10-21-9-8-16(14,2)3/h4-7,14,18H,8-10H2,1-3H3,(H,17,19,20). The van der Waals surface area contributed by atoms with E-state index < -0.39 is 0 Å². The van der Waals surface area contributed by atoms with Gasteiger partial charge in [0.1, 0.15) is 5.82 Å². The number of H-pyrrole nitrogens is 1. The Hall–Kier alpha value is -1.49. The fraction of sp³-hybridized carbons (Fsp3) is 0.500. The van der Waals surface area contributed by atoms with Crippen LogP contribution < -0.4 is 5.32 Å². The van der Waals surface area contributed by atoms with E-state index in [9.17, 15) is 0 Å². The Kier molecular flexibility index (Phi) is 3.93. The highest BCUT2D eigenvalue weighted by molar-refractivity contribution is 7.99. The summed E-state index contributed by atoms with van der Waals surface area (Å²) in [4.78, 5) is 4.46. The van der Waals surface area contributed by atoms with Gasteiger partial charge in [0.05, 0.1) is 0 Å². The number of benzene rings is 1. The molecule has 1 aromatic heterocycles. The lowest BCUT2D eigenvalue weighted by Crippen LogP contribution is -2.41. The molecule has 1 unspecified atom stereocenters. The average Bonchev–Trinajstić information content (AvgIpc) is 2.88. The lowest BCUT2D eigenvalue weighted by Gasteiger charge is -2.39. The number of aromatic amines is 1. The van der Waals surface area contributed by atoms with Crippen LogP contribution in [0.15, 0.2) is 24.3 Å². The molecule has 0 saturated carbocycles. The number of nitrogens with one attached hydrogen (secondary N) is 2. The second-order valence-corrected chi connectivity index (χ2v) is 7.45. The predicted molar refractivity (Wildman–Crippen MR) is 89.7 cm³/mol. The van der Waals surface area contributed by atoms with Gasteiger partial charge in [-0.3, -0.25) is 5.10 Å². The van der Waals surface area contributed by atoms with Gasteiger partial charge in [-0.15, -0.1) is 0 Å². The molecule has 4 nitrogen and oxygen atoms in total. The Morgan fingerprint density at radius 1 is 1.33 bits per heavy atom. The third kappa shape index (κ3) is 3.07. The van der Waals surface area contributed by atoms with Gasteiger partial charge in [0.25, 0.3) is 0 Å². The molecule has 1 fully saturated rings. The molecule has 1 saturated heterocycles. The van der Waals surface area contributed by atoms with Crippen LogP contribution in [-0.4, -0.2) is 32.7 Å². The van der Waals surface area contributed by atoms with Crippen molar-refractivity contribution in [3.8, 4) is 11.4 Å². The second kappa shape index (κ2) is 5.72. The maximum absolute atomic E-state index is 4.46. The van der Waals surface area contributed by atoms with Gasteiger partial charge in [-0.25, -0.2) is 4.98 Å². The number of nitrogens with zero attached hydrogens (tertiary/aromatic N) is 2. The molecule has 1 aliphatic heterocycles. The largest absolute Gasteiger partial charge is 0.380 e. The Labute approximate surface area is 130 Å². The molecule has 0 amide bonds. The zero-order chi connectivity index (χ0) is 14.9. The molecule has 2 heterocycles. The van der Waals surface area contributed by atoms with E-state index in [0.717, 1.165) is 28.7 Å². The van der Waals surface area contributed by atoms with E-state index in [4.69, 9.17) is 0 Å². The van der Waals surface area contributed by atoms with E-state index in [1.54, 1.807) is 0 Å². The lowest BCUT2D eigenvalue weighted by atomic mass is 9.82. The first-order valence-corrected chi connectivity index (χ1v) is 8.54. The quantitative estimate of drug-likeness (QED) is 0.907. The molecule has 112 valence electrons. The van der Waals surface area contributed by atoms with E-state index in [-0.39, 0.29) is 0 Å². The van der Waals surface area contributed by atoms with Gasteiger partial charge < -0.3 is 5.32 Å². The molecule has 0 bridgehead atoms. The van der Waals surface area contributed by atoms with Gasteiger partial charge in [-0.2, -0.15) is 16.9 Å². The zero-order valence-corrected chi connectivity index (χ0v) is 13.6. The molecular formula is C16H22N4S. The first kappa shape index (κ1) is 14.4. The Morgan fingerprint density at radius 3 is 2.86 bits per heavy atom. The molecule has 2 aromatic rings. The van der Waals surface area contributed by atoms with Crippen LogP contribution in [-0.2, 0) is 0 Å². The van der Waals surface area contributed by atoms with Crippen molar-refractivity contribution in [3.05, 3.63) is 30.1 Å². The highest BCUT2D eigenvalue weighted by atomic mass is 32.2. The van der Waals surface area contributed by atoms with Crippen molar-refractivity contribution in [1.82, 2.24) is 15.2 Å². The molecule has 1 atom stereocenters. The lowest BCUT2D eigenvalue weighted by molar-refractivity contribution is 0.305. The second-order valence-electron chi connectivity index (χ2n) is 6.30. The fourth-order valence-electron chi connectivity index (χ4n) is 2.63. The third-order valence-electron chi connectivity index (χ3n) is 4.21. The van der Waals surface area contributed by atoms with Crippen LogP contribution in [0.25, 0.3) is 11.4 Å².